The van der Waals surface area contributed by atoms with Gasteiger partial charge in [-0.15, -0.1) is 0 Å². The van der Waals surface area contributed by atoms with Crippen molar-refractivity contribution in [2.75, 3.05) is 0 Å². The van der Waals surface area contributed by atoms with E-state index in [9.17, 15) is 18.0 Å². The molecule has 2 aromatic carbocycles. The molecule has 3 aromatic rings. The number of rotatable bonds is 2. The third kappa shape index (κ3) is 2.77. The molecule has 0 aliphatic heterocycles. The lowest BCUT2D eigenvalue weighted by Gasteiger charge is -2.10. The molecule has 0 unspecified atom stereocenters. The Hall–Kier alpha value is -2.47. The van der Waals surface area contributed by atoms with Gasteiger partial charge in [0.25, 0.3) is 0 Å². The van der Waals surface area contributed by atoms with Crippen molar-refractivity contribution >= 4 is 29.5 Å². The van der Waals surface area contributed by atoms with Crippen LogP contribution in [0, 0.1) is 4.51 Å². The third-order valence-corrected chi connectivity index (χ3v) is 3.86. The average molecular weight is 334 g/mol. The van der Waals surface area contributed by atoms with Crippen LogP contribution in [0.2, 0.25) is 0 Å². The summed E-state index contributed by atoms with van der Waals surface area (Å²) in [6.07, 6.45) is -3.91. The molecule has 0 saturated carbocycles. The molecule has 2 nitrogen and oxygen atoms in total. The number of halogens is 3. The highest BCUT2D eigenvalue weighted by Crippen LogP contribution is 2.34. The van der Waals surface area contributed by atoms with Gasteiger partial charge in [0.2, 0.25) is 0 Å². The maximum Gasteiger partial charge on any atom is 0.416 e. The second-order valence-electron chi connectivity index (χ2n) is 4.86. The van der Waals surface area contributed by atoms with E-state index < -0.39 is 11.7 Å². The monoisotopic (exact) mass is 334 g/mol. The van der Waals surface area contributed by atoms with Gasteiger partial charge in [-0.1, -0.05) is 36.5 Å². The number of carbonyl (C=O) groups is 1. The summed E-state index contributed by atoms with van der Waals surface area (Å²) in [4.78, 5) is 11.3. The molecular formula is C17H9F3O2S. The van der Waals surface area contributed by atoms with E-state index in [1.807, 2.05) is 0 Å². The number of alkyl halides is 3. The van der Waals surface area contributed by atoms with E-state index in [2.05, 4.69) is 0 Å². The first kappa shape index (κ1) is 15.4. The van der Waals surface area contributed by atoms with E-state index in [1.54, 1.807) is 24.3 Å². The van der Waals surface area contributed by atoms with E-state index in [-0.39, 0.29) is 5.76 Å². The fraction of sp³-hybridized carbons (Fsp3) is 0.0588. The first-order valence-electron chi connectivity index (χ1n) is 6.60. The molecule has 1 aromatic heterocycles. The van der Waals surface area contributed by atoms with Gasteiger partial charge in [0.15, 0.2) is 12.0 Å². The average Bonchev–Trinajstić information content (AvgIpc) is 2.54. The van der Waals surface area contributed by atoms with Crippen LogP contribution in [-0.4, -0.2) is 6.29 Å². The Morgan fingerprint density at radius 1 is 1.00 bits per heavy atom. The Kier molecular flexibility index (Phi) is 3.77. The van der Waals surface area contributed by atoms with Crippen molar-refractivity contribution < 1.29 is 22.4 Å². The predicted molar refractivity (Wildman–Crippen MR) is 82.9 cm³/mol. The largest absolute Gasteiger partial charge is 0.453 e. The minimum atomic E-state index is -4.42. The Balaban J connectivity index is 2.25. The van der Waals surface area contributed by atoms with Gasteiger partial charge in [0.05, 0.1) is 10.1 Å². The van der Waals surface area contributed by atoms with Crippen LogP contribution in [0.15, 0.2) is 52.9 Å². The standard InChI is InChI=1S/C17H9F3O2S/c18-17(19,20)11-7-5-10(6-8-11)15-14(9-21)22-13-4-2-1-3-12(13)16(15)23/h1-9H. The van der Waals surface area contributed by atoms with Gasteiger partial charge in [-0.3, -0.25) is 4.79 Å². The Labute approximate surface area is 134 Å². The zero-order valence-corrected chi connectivity index (χ0v) is 12.4. The Morgan fingerprint density at radius 2 is 1.65 bits per heavy atom. The van der Waals surface area contributed by atoms with Crippen molar-refractivity contribution in [1.82, 2.24) is 0 Å². The molecule has 6 heteroatoms. The van der Waals surface area contributed by atoms with Crippen LogP contribution < -0.4 is 0 Å². The molecule has 0 aliphatic carbocycles. The summed E-state index contributed by atoms with van der Waals surface area (Å²) < 4.78 is 43.9. The number of benzene rings is 2. The normalized spacial score (nSPS) is 11.6. The highest BCUT2D eigenvalue weighted by atomic mass is 32.1. The maximum absolute atomic E-state index is 12.7. The molecule has 1 heterocycles. The van der Waals surface area contributed by atoms with Crippen LogP contribution in [0.5, 0.6) is 0 Å². The molecule has 0 saturated heterocycles. The molecule has 0 aliphatic rings. The molecule has 0 spiro atoms. The first-order chi connectivity index (χ1) is 10.9. The van der Waals surface area contributed by atoms with E-state index in [4.69, 9.17) is 16.6 Å². The van der Waals surface area contributed by atoms with Crippen LogP contribution in [-0.2, 0) is 6.18 Å². The summed E-state index contributed by atoms with van der Waals surface area (Å²) in [5.74, 6) is -0.00606. The molecule has 0 bridgehead atoms. The van der Waals surface area contributed by atoms with Gasteiger partial charge >= 0.3 is 6.18 Å². The second-order valence-corrected chi connectivity index (χ2v) is 5.27. The van der Waals surface area contributed by atoms with Gasteiger partial charge in [-0.05, 0) is 29.8 Å². The molecule has 0 fully saturated rings. The van der Waals surface area contributed by atoms with Crippen LogP contribution in [0.25, 0.3) is 22.1 Å². The summed E-state index contributed by atoms with van der Waals surface area (Å²) >= 11 is 5.39. The summed E-state index contributed by atoms with van der Waals surface area (Å²) in [5, 5.41) is 0.628. The zero-order valence-electron chi connectivity index (χ0n) is 11.6. The topological polar surface area (TPSA) is 30.2 Å². The van der Waals surface area contributed by atoms with Crippen LogP contribution >= 0.6 is 12.2 Å². The molecule has 0 N–H and O–H groups in total. The van der Waals surface area contributed by atoms with Crippen molar-refractivity contribution in [2.24, 2.45) is 0 Å². The van der Waals surface area contributed by atoms with Gasteiger partial charge in [-0.2, -0.15) is 13.2 Å². The maximum atomic E-state index is 12.7. The van der Waals surface area contributed by atoms with Gasteiger partial charge in [0, 0.05) is 10.9 Å². The number of fused-ring (bicyclic) bond motifs is 1. The number of aldehydes is 1. The molecule has 3 rings (SSSR count). The fourth-order valence-electron chi connectivity index (χ4n) is 2.34. The van der Waals surface area contributed by atoms with Crippen LogP contribution in [0.1, 0.15) is 16.1 Å². The van der Waals surface area contributed by atoms with Crippen molar-refractivity contribution in [1.29, 1.82) is 0 Å². The summed E-state index contributed by atoms with van der Waals surface area (Å²) in [7, 11) is 0. The minimum Gasteiger partial charge on any atom is -0.453 e. The Bertz CT molecular complexity index is 941. The van der Waals surface area contributed by atoms with Crippen molar-refractivity contribution in [3.8, 4) is 11.1 Å². The lowest BCUT2D eigenvalue weighted by Crippen LogP contribution is -2.04. The summed E-state index contributed by atoms with van der Waals surface area (Å²) in [5.41, 5.74) is 0.412. The van der Waals surface area contributed by atoms with Gasteiger partial charge < -0.3 is 4.42 Å². The second kappa shape index (κ2) is 5.62. The first-order valence-corrected chi connectivity index (χ1v) is 7.01. The summed E-state index contributed by atoms with van der Waals surface area (Å²) in [6, 6.07) is 11.4. The van der Waals surface area contributed by atoms with Crippen LogP contribution in [0.4, 0.5) is 13.2 Å². The predicted octanol–water partition coefficient (Wildman–Crippen LogP) is 5.66. The minimum absolute atomic E-state index is 0.00606. The highest BCUT2D eigenvalue weighted by molar-refractivity contribution is 7.71. The molecule has 23 heavy (non-hydrogen) atoms. The van der Waals surface area contributed by atoms with E-state index >= 15 is 0 Å². The SMILES string of the molecule is O=Cc1oc2ccccc2c(=S)c1-c1ccc(C(F)(F)F)cc1. The molecule has 116 valence electrons. The highest BCUT2D eigenvalue weighted by Gasteiger charge is 2.30. The number of para-hydroxylation sites is 1. The van der Waals surface area contributed by atoms with Gasteiger partial charge in [0.1, 0.15) is 5.58 Å². The van der Waals surface area contributed by atoms with Crippen molar-refractivity contribution in [3.05, 3.63) is 64.4 Å². The fourth-order valence-corrected chi connectivity index (χ4v) is 2.73. The number of carbonyl (C=O) groups excluding carboxylic acids is 1. The lowest BCUT2D eigenvalue weighted by atomic mass is 10.0. The third-order valence-electron chi connectivity index (χ3n) is 3.43. The van der Waals surface area contributed by atoms with Crippen molar-refractivity contribution in [2.45, 2.75) is 6.18 Å². The van der Waals surface area contributed by atoms with E-state index in [0.717, 1.165) is 12.1 Å². The molecule has 0 atom stereocenters. The smallest absolute Gasteiger partial charge is 0.416 e. The van der Waals surface area contributed by atoms with E-state index in [1.165, 1.54) is 12.1 Å². The zero-order chi connectivity index (χ0) is 16.6. The Morgan fingerprint density at radius 3 is 2.26 bits per heavy atom. The van der Waals surface area contributed by atoms with E-state index in [0.29, 0.717) is 32.9 Å². The summed E-state index contributed by atoms with van der Waals surface area (Å²) in [6.45, 7) is 0. The van der Waals surface area contributed by atoms with Crippen molar-refractivity contribution in [3.63, 3.8) is 0 Å². The molecule has 0 amide bonds. The lowest BCUT2D eigenvalue weighted by molar-refractivity contribution is -0.137. The molecule has 0 radical (unpaired) electrons. The number of hydrogen-bond acceptors (Lipinski definition) is 3. The van der Waals surface area contributed by atoms with Gasteiger partial charge in [-0.25, -0.2) is 0 Å². The quantitative estimate of drug-likeness (QED) is 0.447. The van der Waals surface area contributed by atoms with Crippen LogP contribution in [0.3, 0.4) is 0 Å². The number of hydrogen-bond donors (Lipinski definition) is 0. The molecular weight excluding hydrogens is 325 g/mol.